The first kappa shape index (κ1) is 18.9. The van der Waals surface area contributed by atoms with E-state index in [-0.39, 0.29) is 17.9 Å². The number of aryl methyl sites for hydroxylation is 3. The summed E-state index contributed by atoms with van der Waals surface area (Å²) in [6.45, 7) is 4.98. The number of nitro groups is 1. The van der Waals surface area contributed by atoms with Gasteiger partial charge in [-0.05, 0) is 44.0 Å². The molecule has 0 heterocycles. The average Bonchev–Trinajstić information content (AvgIpc) is 2.59. The third kappa shape index (κ3) is 4.56. The highest BCUT2D eigenvalue weighted by Crippen LogP contribution is 2.22. The van der Waals surface area contributed by atoms with Gasteiger partial charge in [-0.1, -0.05) is 24.3 Å². The summed E-state index contributed by atoms with van der Waals surface area (Å²) in [6, 6.07) is 9.99. The van der Waals surface area contributed by atoms with E-state index in [1.165, 1.54) is 25.1 Å². The van der Waals surface area contributed by atoms with Crippen molar-refractivity contribution in [3.05, 3.63) is 68.8 Å². The lowest BCUT2D eigenvalue weighted by atomic mass is 10.1. The van der Waals surface area contributed by atoms with E-state index in [0.29, 0.717) is 11.3 Å². The van der Waals surface area contributed by atoms with Crippen LogP contribution in [0.25, 0.3) is 0 Å². The molecule has 2 amide bonds. The largest absolute Gasteiger partial charge is 0.483 e. The van der Waals surface area contributed by atoms with Gasteiger partial charge in [0.25, 0.3) is 17.5 Å². The molecule has 0 spiro atoms. The number of hydrogen-bond acceptors (Lipinski definition) is 5. The molecule has 26 heavy (non-hydrogen) atoms. The molecule has 2 aromatic carbocycles. The van der Waals surface area contributed by atoms with Gasteiger partial charge < -0.3 is 4.74 Å². The van der Waals surface area contributed by atoms with Gasteiger partial charge in [0.15, 0.2) is 6.61 Å². The number of carbonyl (C=O) groups is 2. The summed E-state index contributed by atoms with van der Waals surface area (Å²) < 4.78 is 5.43. The van der Waals surface area contributed by atoms with Gasteiger partial charge in [-0.2, -0.15) is 0 Å². The summed E-state index contributed by atoms with van der Waals surface area (Å²) in [6.07, 6.45) is 0. The molecule has 2 aromatic rings. The van der Waals surface area contributed by atoms with Gasteiger partial charge in [-0.15, -0.1) is 0 Å². The van der Waals surface area contributed by atoms with Crippen molar-refractivity contribution in [2.45, 2.75) is 20.8 Å². The van der Waals surface area contributed by atoms with Crippen molar-refractivity contribution in [1.82, 2.24) is 10.9 Å². The number of amides is 2. The third-order valence-corrected chi connectivity index (χ3v) is 3.68. The normalized spacial score (nSPS) is 10.1. The molecule has 0 fully saturated rings. The van der Waals surface area contributed by atoms with Crippen molar-refractivity contribution in [2.75, 3.05) is 6.61 Å². The predicted octanol–water partition coefficient (Wildman–Crippen LogP) is 2.36. The second-order valence-electron chi connectivity index (χ2n) is 5.79. The smallest absolute Gasteiger partial charge is 0.285 e. The van der Waals surface area contributed by atoms with Crippen molar-refractivity contribution >= 4 is 17.5 Å². The van der Waals surface area contributed by atoms with Gasteiger partial charge in [0.2, 0.25) is 0 Å². The van der Waals surface area contributed by atoms with E-state index in [9.17, 15) is 19.7 Å². The SMILES string of the molecule is Cc1ccc(C)c(OCC(=O)NNC(=O)c2cccc(C)c2[N+](=O)[O-])c1. The van der Waals surface area contributed by atoms with Crippen LogP contribution in [0.2, 0.25) is 0 Å². The summed E-state index contributed by atoms with van der Waals surface area (Å²) in [5, 5.41) is 11.1. The molecule has 0 aliphatic carbocycles. The van der Waals surface area contributed by atoms with Crippen LogP contribution in [0.1, 0.15) is 27.0 Å². The van der Waals surface area contributed by atoms with Crippen LogP contribution in [0.15, 0.2) is 36.4 Å². The van der Waals surface area contributed by atoms with Crippen LogP contribution >= 0.6 is 0 Å². The molecule has 136 valence electrons. The summed E-state index contributed by atoms with van der Waals surface area (Å²) in [5.74, 6) is -0.796. The number of carbonyl (C=O) groups excluding carboxylic acids is 2. The van der Waals surface area contributed by atoms with Crippen LogP contribution in [0.3, 0.4) is 0 Å². The maximum Gasteiger partial charge on any atom is 0.285 e. The van der Waals surface area contributed by atoms with E-state index in [4.69, 9.17) is 4.74 Å². The first-order chi connectivity index (χ1) is 12.3. The van der Waals surface area contributed by atoms with Crippen molar-refractivity contribution < 1.29 is 19.2 Å². The number of hydrazine groups is 1. The molecule has 0 saturated heterocycles. The van der Waals surface area contributed by atoms with Gasteiger partial charge >= 0.3 is 0 Å². The van der Waals surface area contributed by atoms with E-state index >= 15 is 0 Å². The molecule has 0 saturated carbocycles. The Morgan fingerprint density at radius 1 is 1.08 bits per heavy atom. The van der Waals surface area contributed by atoms with Crippen LogP contribution in [0.4, 0.5) is 5.69 Å². The zero-order chi connectivity index (χ0) is 19.3. The van der Waals surface area contributed by atoms with Crippen LogP contribution in [-0.4, -0.2) is 23.3 Å². The maximum atomic E-state index is 12.1. The quantitative estimate of drug-likeness (QED) is 0.630. The number of nitro benzene ring substituents is 1. The number of benzene rings is 2. The number of ether oxygens (including phenoxy) is 1. The molecule has 0 aromatic heterocycles. The Hall–Kier alpha value is -3.42. The number of hydrogen-bond donors (Lipinski definition) is 2. The predicted molar refractivity (Wildman–Crippen MR) is 94.9 cm³/mol. The zero-order valence-electron chi connectivity index (χ0n) is 14.7. The molecule has 0 aliphatic heterocycles. The van der Waals surface area contributed by atoms with Crippen LogP contribution in [0.5, 0.6) is 5.75 Å². The number of nitrogens with one attached hydrogen (secondary N) is 2. The standard InChI is InChI=1S/C18H19N3O5/c1-11-7-8-12(2)15(9-11)26-10-16(22)19-20-18(23)14-6-4-5-13(3)17(14)21(24)25/h4-9H,10H2,1-3H3,(H,19,22)(H,20,23). The lowest BCUT2D eigenvalue weighted by Gasteiger charge is -2.11. The fourth-order valence-corrected chi connectivity index (χ4v) is 2.32. The second-order valence-corrected chi connectivity index (χ2v) is 5.79. The Bertz CT molecular complexity index is 864. The van der Waals surface area contributed by atoms with Crippen molar-refractivity contribution in [1.29, 1.82) is 0 Å². The summed E-state index contributed by atoms with van der Waals surface area (Å²) in [5.41, 5.74) is 6.13. The van der Waals surface area contributed by atoms with Gasteiger partial charge in [-0.25, -0.2) is 0 Å². The molecule has 0 bridgehead atoms. The fourth-order valence-electron chi connectivity index (χ4n) is 2.32. The van der Waals surface area contributed by atoms with Gasteiger partial charge in [-0.3, -0.25) is 30.6 Å². The molecule has 0 radical (unpaired) electrons. The highest BCUT2D eigenvalue weighted by Gasteiger charge is 2.22. The number of rotatable bonds is 5. The molecule has 2 rings (SSSR count). The van der Waals surface area contributed by atoms with Crippen molar-refractivity contribution in [2.24, 2.45) is 0 Å². The third-order valence-electron chi connectivity index (χ3n) is 3.68. The fraction of sp³-hybridized carbons (Fsp3) is 0.222. The van der Waals surface area contributed by atoms with Gasteiger partial charge in [0, 0.05) is 5.56 Å². The van der Waals surface area contributed by atoms with Gasteiger partial charge in [0.05, 0.1) is 4.92 Å². The van der Waals surface area contributed by atoms with Crippen LogP contribution < -0.4 is 15.6 Å². The molecule has 0 atom stereocenters. The highest BCUT2D eigenvalue weighted by molar-refractivity contribution is 5.99. The first-order valence-corrected chi connectivity index (χ1v) is 7.83. The topological polar surface area (TPSA) is 111 Å². The molecule has 0 unspecified atom stereocenters. The van der Waals surface area contributed by atoms with Crippen LogP contribution in [0, 0.1) is 30.9 Å². The minimum Gasteiger partial charge on any atom is -0.483 e. The molecular weight excluding hydrogens is 338 g/mol. The maximum absolute atomic E-state index is 12.1. The first-order valence-electron chi connectivity index (χ1n) is 7.83. The Kier molecular flexibility index (Phi) is 5.90. The summed E-state index contributed by atoms with van der Waals surface area (Å²) in [7, 11) is 0. The van der Waals surface area contributed by atoms with E-state index < -0.39 is 16.7 Å². The Morgan fingerprint density at radius 3 is 2.50 bits per heavy atom. The average molecular weight is 357 g/mol. The minimum absolute atomic E-state index is 0.134. The van der Waals surface area contributed by atoms with E-state index in [2.05, 4.69) is 10.9 Å². The van der Waals surface area contributed by atoms with Crippen LogP contribution in [-0.2, 0) is 4.79 Å². The molecule has 0 aliphatic rings. The Labute approximate surface area is 150 Å². The highest BCUT2D eigenvalue weighted by atomic mass is 16.6. The summed E-state index contributed by atoms with van der Waals surface area (Å²) >= 11 is 0. The Morgan fingerprint density at radius 2 is 1.81 bits per heavy atom. The molecular formula is C18H19N3O5. The van der Waals surface area contributed by atoms with Crippen molar-refractivity contribution in [3.8, 4) is 5.75 Å². The minimum atomic E-state index is -0.777. The second kappa shape index (κ2) is 8.11. The monoisotopic (exact) mass is 357 g/mol. The molecule has 8 nitrogen and oxygen atoms in total. The number of nitrogens with zero attached hydrogens (tertiary/aromatic N) is 1. The molecule has 8 heteroatoms. The zero-order valence-corrected chi connectivity index (χ0v) is 14.7. The summed E-state index contributed by atoms with van der Waals surface area (Å²) in [4.78, 5) is 34.5. The van der Waals surface area contributed by atoms with E-state index in [1.54, 1.807) is 6.07 Å². The molecule has 2 N–H and O–H groups in total. The number of para-hydroxylation sites is 1. The van der Waals surface area contributed by atoms with Gasteiger partial charge in [0.1, 0.15) is 11.3 Å². The van der Waals surface area contributed by atoms with Crippen molar-refractivity contribution in [3.63, 3.8) is 0 Å². The Balaban J connectivity index is 1.95. The van der Waals surface area contributed by atoms with E-state index in [0.717, 1.165) is 11.1 Å². The lowest BCUT2D eigenvalue weighted by Crippen LogP contribution is -2.44. The van der Waals surface area contributed by atoms with E-state index in [1.807, 2.05) is 26.0 Å². The lowest BCUT2D eigenvalue weighted by molar-refractivity contribution is -0.385.